The van der Waals surface area contributed by atoms with Crippen molar-refractivity contribution in [3.8, 4) is 5.75 Å². The lowest BCUT2D eigenvalue weighted by Gasteiger charge is -2.33. The number of benzene rings is 2. The molecule has 1 aliphatic rings. The molecule has 2 N–H and O–H groups in total. The van der Waals surface area contributed by atoms with Gasteiger partial charge in [-0.25, -0.2) is 14.8 Å². The topological polar surface area (TPSA) is 106 Å². The van der Waals surface area contributed by atoms with E-state index in [1.165, 1.54) is 0 Å². The average Bonchev–Trinajstić information content (AvgIpc) is 2.87. The molecule has 10 heteroatoms. The van der Waals surface area contributed by atoms with E-state index in [9.17, 15) is 9.59 Å². The molecule has 0 aliphatic carbocycles. The summed E-state index contributed by atoms with van der Waals surface area (Å²) in [7, 11) is 3.62. The van der Waals surface area contributed by atoms with E-state index in [-0.39, 0.29) is 12.0 Å². The Labute approximate surface area is 218 Å². The van der Waals surface area contributed by atoms with Gasteiger partial charge in [0.1, 0.15) is 19.2 Å². The molecule has 1 aromatic heterocycles. The number of nitrogens with zero attached hydrogens (tertiary/aromatic N) is 3. The number of carbonyl (C=O) groups is 2. The highest BCUT2D eigenvalue weighted by Crippen LogP contribution is 2.23. The Kier molecular flexibility index (Phi) is 7.85. The molecule has 1 aliphatic heterocycles. The van der Waals surface area contributed by atoms with Crippen molar-refractivity contribution in [2.45, 2.75) is 39.2 Å². The first-order valence-electron chi connectivity index (χ1n) is 12.6. The third kappa shape index (κ3) is 6.90. The molecule has 1 saturated heterocycles. The standard InChI is InChI=1S/C27H34BN5O4/c1-27(2,3)37-26(35)33-11-9-17(10-12-33)16-36-23-14-22-19(13-21(23)28)15-30-25(32-22)31-20-7-5-18(6-8-20)24(34)29-4/h5-8,13-15,17H,9-12,16,28H2,1-4H3,(H,29,34)(H,30,31,32). The second-order valence-electron chi connectivity index (χ2n) is 10.4. The number of anilines is 2. The Morgan fingerprint density at radius 3 is 2.49 bits per heavy atom. The van der Waals surface area contributed by atoms with Crippen molar-refractivity contribution in [1.82, 2.24) is 20.2 Å². The average molecular weight is 503 g/mol. The Bertz CT molecular complexity index is 1270. The van der Waals surface area contributed by atoms with Gasteiger partial charge in [-0.15, -0.1) is 0 Å². The number of piperidine rings is 1. The molecule has 0 atom stereocenters. The van der Waals surface area contributed by atoms with Crippen LogP contribution in [0.25, 0.3) is 10.9 Å². The fourth-order valence-corrected chi connectivity index (χ4v) is 4.18. The second kappa shape index (κ2) is 11.1. The summed E-state index contributed by atoms with van der Waals surface area (Å²) >= 11 is 0. The first kappa shape index (κ1) is 26.3. The third-order valence-electron chi connectivity index (χ3n) is 6.25. The van der Waals surface area contributed by atoms with Crippen molar-refractivity contribution in [3.05, 3.63) is 48.2 Å². The van der Waals surface area contributed by atoms with Crippen LogP contribution in [-0.2, 0) is 4.74 Å². The van der Waals surface area contributed by atoms with Crippen molar-refractivity contribution in [1.29, 1.82) is 0 Å². The van der Waals surface area contributed by atoms with Crippen molar-refractivity contribution < 1.29 is 19.1 Å². The van der Waals surface area contributed by atoms with Gasteiger partial charge in [0.15, 0.2) is 0 Å². The fraction of sp³-hybridized carbons (Fsp3) is 0.407. The molecule has 1 fully saturated rings. The highest BCUT2D eigenvalue weighted by molar-refractivity contribution is 6.35. The van der Waals surface area contributed by atoms with Crippen LogP contribution in [0, 0.1) is 5.92 Å². The number of likely N-dealkylation sites (tertiary alicyclic amines) is 1. The maximum Gasteiger partial charge on any atom is 0.410 e. The molecular weight excluding hydrogens is 469 g/mol. The third-order valence-corrected chi connectivity index (χ3v) is 6.25. The summed E-state index contributed by atoms with van der Waals surface area (Å²) in [5, 5.41) is 6.72. The molecular formula is C27H34BN5O4. The number of ether oxygens (including phenoxy) is 2. The van der Waals surface area contributed by atoms with E-state index in [0.717, 1.165) is 40.6 Å². The van der Waals surface area contributed by atoms with Gasteiger partial charge in [-0.2, -0.15) is 0 Å². The fourth-order valence-electron chi connectivity index (χ4n) is 4.18. The zero-order chi connectivity index (χ0) is 26.6. The number of nitrogens with one attached hydrogen (secondary N) is 2. The minimum atomic E-state index is -0.485. The SMILES string of the molecule is Bc1cc2cnc(Nc3ccc(C(=O)NC)cc3)nc2cc1OCC1CCN(C(=O)OC(C)(C)C)CC1. The maximum atomic E-state index is 12.3. The number of amides is 2. The van der Waals surface area contributed by atoms with Crippen molar-refractivity contribution in [2.75, 3.05) is 32.1 Å². The quantitative estimate of drug-likeness (QED) is 0.499. The normalized spacial score (nSPS) is 14.3. The molecule has 3 aromatic rings. The molecule has 0 radical (unpaired) electrons. The summed E-state index contributed by atoms with van der Waals surface area (Å²) in [4.78, 5) is 34.9. The van der Waals surface area contributed by atoms with Gasteiger partial charge >= 0.3 is 6.09 Å². The van der Waals surface area contributed by atoms with E-state index in [0.29, 0.717) is 37.1 Å². The van der Waals surface area contributed by atoms with Crippen LogP contribution in [0.3, 0.4) is 0 Å². The first-order chi connectivity index (χ1) is 17.6. The Balaban J connectivity index is 1.37. The molecule has 2 aromatic carbocycles. The monoisotopic (exact) mass is 503 g/mol. The van der Waals surface area contributed by atoms with Gasteiger partial charge in [0.2, 0.25) is 5.95 Å². The zero-order valence-electron chi connectivity index (χ0n) is 22.1. The summed E-state index contributed by atoms with van der Waals surface area (Å²) in [6.45, 7) is 7.58. The first-order valence-corrected chi connectivity index (χ1v) is 12.6. The Hall–Kier alpha value is -3.82. The van der Waals surface area contributed by atoms with Gasteiger partial charge in [-0.05, 0) is 69.3 Å². The van der Waals surface area contributed by atoms with Crippen LogP contribution in [0.1, 0.15) is 44.0 Å². The summed E-state index contributed by atoms with van der Waals surface area (Å²) in [5.41, 5.74) is 2.68. The molecule has 37 heavy (non-hydrogen) atoms. The van der Waals surface area contributed by atoms with Crippen LogP contribution in [0.4, 0.5) is 16.4 Å². The van der Waals surface area contributed by atoms with Crippen LogP contribution in [0.15, 0.2) is 42.6 Å². The summed E-state index contributed by atoms with van der Waals surface area (Å²) in [6, 6.07) is 11.1. The zero-order valence-corrected chi connectivity index (χ0v) is 22.1. The van der Waals surface area contributed by atoms with Gasteiger partial charge in [0.05, 0.1) is 12.1 Å². The summed E-state index contributed by atoms with van der Waals surface area (Å²) < 4.78 is 11.7. The lowest BCUT2D eigenvalue weighted by molar-refractivity contribution is 0.0165. The molecule has 194 valence electrons. The lowest BCUT2D eigenvalue weighted by Crippen LogP contribution is -2.42. The van der Waals surface area contributed by atoms with Gasteiger partial charge in [0.25, 0.3) is 5.91 Å². The van der Waals surface area contributed by atoms with E-state index in [4.69, 9.17) is 9.47 Å². The number of hydrogen-bond donors (Lipinski definition) is 2. The minimum absolute atomic E-state index is 0.134. The highest BCUT2D eigenvalue weighted by Gasteiger charge is 2.27. The Morgan fingerprint density at radius 1 is 1.14 bits per heavy atom. The largest absolute Gasteiger partial charge is 0.494 e. The van der Waals surface area contributed by atoms with Crippen molar-refractivity contribution in [3.63, 3.8) is 0 Å². The summed E-state index contributed by atoms with van der Waals surface area (Å²) in [5.74, 6) is 1.49. The molecule has 0 unspecified atom stereocenters. The number of carbonyl (C=O) groups excluding carboxylic acids is 2. The van der Waals surface area contributed by atoms with Crippen LogP contribution in [-0.4, -0.2) is 67.1 Å². The van der Waals surface area contributed by atoms with Crippen LogP contribution in [0.5, 0.6) is 5.75 Å². The molecule has 2 heterocycles. The predicted molar refractivity (Wildman–Crippen MR) is 147 cm³/mol. The molecule has 0 spiro atoms. The van der Waals surface area contributed by atoms with E-state index in [1.54, 1.807) is 30.3 Å². The van der Waals surface area contributed by atoms with Crippen LogP contribution >= 0.6 is 0 Å². The molecule has 0 bridgehead atoms. The van der Waals surface area contributed by atoms with Crippen LogP contribution in [0.2, 0.25) is 0 Å². The maximum absolute atomic E-state index is 12.3. The Morgan fingerprint density at radius 2 is 1.84 bits per heavy atom. The van der Waals surface area contributed by atoms with Gasteiger partial charge in [-0.1, -0.05) is 6.07 Å². The highest BCUT2D eigenvalue weighted by atomic mass is 16.6. The van der Waals surface area contributed by atoms with Crippen molar-refractivity contribution in [2.24, 2.45) is 5.92 Å². The molecule has 0 saturated carbocycles. The lowest BCUT2D eigenvalue weighted by atomic mass is 9.93. The summed E-state index contributed by atoms with van der Waals surface area (Å²) in [6.07, 6.45) is 3.29. The van der Waals surface area contributed by atoms with Crippen molar-refractivity contribution >= 4 is 47.8 Å². The predicted octanol–water partition coefficient (Wildman–Crippen LogP) is 3.02. The van der Waals surface area contributed by atoms with Gasteiger partial charge in [0, 0.05) is 49.0 Å². The van der Waals surface area contributed by atoms with E-state index < -0.39 is 5.60 Å². The van der Waals surface area contributed by atoms with E-state index in [1.807, 2.05) is 52.9 Å². The van der Waals surface area contributed by atoms with Gasteiger partial charge in [-0.3, -0.25) is 4.79 Å². The van der Waals surface area contributed by atoms with E-state index >= 15 is 0 Å². The molecule has 2 amide bonds. The minimum Gasteiger partial charge on any atom is -0.494 e. The number of hydrogen-bond acceptors (Lipinski definition) is 7. The van der Waals surface area contributed by atoms with Crippen LogP contribution < -0.4 is 20.8 Å². The molecule has 4 rings (SSSR count). The smallest absolute Gasteiger partial charge is 0.410 e. The van der Waals surface area contributed by atoms with Gasteiger partial charge < -0.3 is 25.0 Å². The molecule has 9 nitrogen and oxygen atoms in total. The number of fused-ring (bicyclic) bond motifs is 1. The number of aromatic nitrogens is 2. The van der Waals surface area contributed by atoms with E-state index in [2.05, 4.69) is 20.6 Å². The second-order valence-corrected chi connectivity index (χ2v) is 10.4. The number of rotatable bonds is 6.